The molecule has 0 fully saturated rings. The second-order valence-corrected chi connectivity index (χ2v) is 5.13. The van der Waals surface area contributed by atoms with E-state index in [2.05, 4.69) is 15.3 Å². The van der Waals surface area contributed by atoms with Gasteiger partial charge in [0.1, 0.15) is 5.52 Å². The van der Waals surface area contributed by atoms with E-state index in [0.717, 1.165) is 0 Å². The van der Waals surface area contributed by atoms with E-state index in [-0.39, 0.29) is 17.7 Å². The van der Waals surface area contributed by atoms with Crippen LogP contribution >= 0.6 is 0 Å². The Morgan fingerprint density at radius 1 is 1.23 bits per heavy atom. The van der Waals surface area contributed by atoms with Gasteiger partial charge in [0.25, 0.3) is 11.6 Å². The van der Waals surface area contributed by atoms with Crippen molar-refractivity contribution in [3.63, 3.8) is 0 Å². The molecule has 1 amide bonds. The summed E-state index contributed by atoms with van der Waals surface area (Å²) < 4.78 is 5.38. The number of fused-ring (bicyclic) bond motifs is 1. The Labute approximate surface area is 147 Å². The van der Waals surface area contributed by atoms with Gasteiger partial charge in [0.2, 0.25) is 5.96 Å². The van der Waals surface area contributed by atoms with Crippen LogP contribution in [0.3, 0.4) is 0 Å². The van der Waals surface area contributed by atoms with Gasteiger partial charge in [-0.1, -0.05) is 12.1 Å². The number of guanidine groups is 1. The van der Waals surface area contributed by atoms with Crippen molar-refractivity contribution in [1.29, 1.82) is 0 Å². The molecule has 0 bridgehead atoms. The van der Waals surface area contributed by atoms with Crippen molar-refractivity contribution in [1.82, 2.24) is 10.3 Å². The zero-order chi connectivity index (χ0) is 18.5. The first-order valence-corrected chi connectivity index (χ1v) is 7.44. The number of hydrogen-bond acceptors (Lipinski definition) is 6. The smallest absolute Gasteiger partial charge is 0.325 e. The van der Waals surface area contributed by atoms with E-state index in [1.807, 2.05) is 6.07 Å². The van der Waals surface area contributed by atoms with E-state index in [4.69, 9.17) is 10.2 Å². The van der Waals surface area contributed by atoms with Gasteiger partial charge in [-0.15, -0.1) is 0 Å². The normalized spacial score (nSPS) is 11.8. The van der Waals surface area contributed by atoms with Crippen LogP contribution in [0.5, 0.6) is 0 Å². The van der Waals surface area contributed by atoms with Crippen LogP contribution in [-0.4, -0.2) is 21.8 Å². The predicted octanol–water partition coefficient (Wildman–Crippen LogP) is 2.51. The third-order valence-electron chi connectivity index (χ3n) is 3.28. The summed E-state index contributed by atoms with van der Waals surface area (Å²) in [7, 11) is 0. The quantitative estimate of drug-likeness (QED) is 0.244. The number of oxazole rings is 1. The number of benzene rings is 2. The molecule has 1 aromatic heterocycles. The Morgan fingerprint density at radius 3 is 2.65 bits per heavy atom. The van der Waals surface area contributed by atoms with Crippen molar-refractivity contribution in [2.24, 2.45) is 10.7 Å². The molecule has 1 heterocycles. The average Bonchev–Trinajstić information content (AvgIpc) is 3.02. The predicted molar refractivity (Wildman–Crippen MR) is 95.6 cm³/mol. The molecule has 3 aromatic rings. The highest BCUT2D eigenvalue weighted by Crippen LogP contribution is 2.19. The molecule has 0 spiro atoms. The van der Waals surface area contributed by atoms with Gasteiger partial charge in [-0.3, -0.25) is 20.2 Å². The van der Waals surface area contributed by atoms with Crippen LogP contribution < -0.4 is 11.1 Å². The molecule has 9 nitrogen and oxygen atoms in total. The van der Waals surface area contributed by atoms with Gasteiger partial charge < -0.3 is 10.2 Å². The van der Waals surface area contributed by atoms with Gasteiger partial charge in [0, 0.05) is 18.2 Å². The van der Waals surface area contributed by atoms with Gasteiger partial charge in [-0.25, -0.2) is 0 Å². The number of nitrogens with zero attached hydrogens (tertiary/aromatic N) is 3. The maximum absolute atomic E-state index is 11.8. The lowest BCUT2D eigenvalue weighted by Crippen LogP contribution is -2.35. The first kappa shape index (κ1) is 16.8. The summed E-state index contributed by atoms with van der Waals surface area (Å²) in [5.74, 6) is -0.685. The number of nitrogens with one attached hydrogen (secondary N) is 1. The summed E-state index contributed by atoms with van der Waals surface area (Å²) in [6, 6.07) is 12.9. The first-order valence-electron chi connectivity index (χ1n) is 7.44. The van der Waals surface area contributed by atoms with Crippen LogP contribution in [0.15, 0.2) is 64.0 Å². The minimum absolute atomic E-state index is 0.0266. The number of non-ortho nitro benzene ring substituents is 1. The van der Waals surface area contributed by atoms with Crippen LogP contribution in [0, 0.1) is 10.1 Å². The summed E-state index contributed by atoms with van der Waals surface area (Å²) >= 11 is 0. The molecule has 130 valence electrons. The Kier molecular flexibility index (Phi) is 4.70. The number of carbonyl (C=O) groups is 1. The molecule has 0 radical (unpaired) electrons. The molecule has 0 unspecified atom stereocenters. The fourth-order valence-electron chi connectivity index (χ4n) is 2.09. The van der Waals surface area contributed by atoms with Crippen molar-refractivity contribution in [3.8, 4) is 0 Å². The van der Waals surface area contributed by atoms with Gasteiger partial charge in [-0.05, 0) is 35.9 Å². The van der Waals surface area contributed by atoms with E-state index in [1.165, 1.54) is 36.4 Å². The van der Waals surface area contributed by atoms with E-state index in [9.17, 15) is 14.9 Å². The Bertz CT molecular complexity index is 988. The number of amides is 1. The fourth-order valence-corrected chi connectivity index (χ4v) is 2.09. The maximum atomic E-state index is 11.8. The lowest BCUT2D eigenvalue weighted by molar-refractivity contribution is -0.384. The number of rotatable bonds is 4. The third kappa shape index (κ3) is 4.09. The third-order valence-corrected chi connectivity index (χ3v) is 3.28. The number of nitro benzene ring substituents is 1. The molecule has 9 heteroatoms. The Morgan fingerprint density at radius 2 is 1.96 bits per heavy atom. The Hall–Kier alpha value is -4.01. The minimum atomic E-state index is -0.513. The molecule has 3 N–H and O–H groups in total. The number of aliphatic imine (C=N–C) groups is 1. The molecular weight excluding hydrogens is 338 g/mol. The molecule has 0 aliphatic rings. The van der Waals surface area contributed by atoms with Crippen molar-refractivity contribution >= 4 is 40.7 Å². The van der Waals surface area contributed by atoms with E-state index in [1.54, 1.807) is 18.2 Å². The summed E-state index contributed by atoms with van der Waals surface area (Å²) in [5.41, 5.74) is 7.45. The van der Waals surface area contributed by atoms with Crippen LogP contribution in [-0.2, 0) is 4.79 Å². The van der Waals surface area contributed by atoms with Crippen molar-refractivity contribution < 1.29 is 14.1 Å². The minimum Gasteiger partial charge on any atom is -0.422 e. The van der Waals surface area contributed by atoms with Gasteiger partial charge in [0.15, 0.2) is 5.58 Å². The molecule has 0 atom stereocenters. The van der Waals surface area contributed by atoms with Crippen LogP contribution in [0.4, 0.5) is 11.7 Å². The highest BCUT2D eigenvalue weighted by molar-refractivity contribution is 6.03. The van der Waals surface area contributed by atoms with Crippen molar-refractivity contribution in [3.05, 3.63) is 70.3 Å². The Balaban J connectivity index is 1.63. The first-order chi connectivity index (χ1) is 12.5. The summed E-state index contributed by atoms with van der Waals surface area (Å²) in [4.78, 5) is 30.0. The lowest BCUT2D eigenvalue weighted by atomic mass is 10.2. The molecule has 0 aliphatic carbocycles. The fraction of sp³-hybridized carbons (Fsp3) is 0. The zero-order valence-electron chi connectivity index (χ0n) is 13.3. The molecule has 2 aromatic carbocycles. The van der Waals surface area contributed by atoms with Crippen LogP contribution in [0.25, 0.3) is 17.2 Å². The zero-order valence-corrected chi connectivity index (χ0v) is 13.3. The van der Waals surface area contributed by atoms with Gasteiger partial charge in [0.05, 0.1) is 4.92 Å². The molecule has 0 saturated carbocycles. The van der Waals surface area contributed by atoms with Crippen LogP contribution in [0.2, 0.25) is 0 Å². The van der Waals surface area contributed by atoms with E-state index in [0.29, 0.717) is 16.7 Å². The van der Waals surface area contributed by atoms with Gasteiger partial charge in [-0.2, -0.15) is 9.98 Å². The number of hydrogen-bond donors (Lipinski definition) is 2. The van der Waals surface area contributed by atoms with Crippen molar-refractivity contribution in [2.75, 3.05) is 0 Å². The second kappa shape index (κ2) is 7.26. The van der Waals surface area contributed by atoms with Gasteiger partial charge >= 0.3 is 6.01 Å². The molecule has 0 aliphatic heterocycles. The van der Waals surface area contributed by atoms with E-state index >= 15 is 0 Å². The second-order valence-electron chi connectivity index (χ2n) is 5.13. The largest absolute Gasteiger partial charge is 0.422 e. The highest BCUT2D eigenvalue weighted by Gasteiger charge is 2.06. The molecule has 26 heavy (non-hydrogen) atoms. The summed E-state index contributed by atoms with van der Waals surface area (Å²) in [5, 5.41) is 13.0. The standard InChI is InChI=1S/C17H13N5O4/c18-16(21-17-19-13-3-1-2-4-14(13)26-17)20-15(23)10-7-11-5-8-12(9-6-11)22(24)25/h1-10H,(H3,18,19,20,21,23)/b10-7+. The SMILES string of the molecule is NC(=Nc1nc2ccccc2o1)NC(=O)/C=C/c1ccc([N+](=O)[O-])cc1. The number of nitrogens with two attached hydrogens (primary N) is 1. The van der Waals surface area contributed by atoms with Crippen LogP contribution in [0.1, 0.15) is 5.56 Å². The number of carbonyl (C=O) groups excluding carboxylic acids is 1. The summed E-state index contributed by atoms with van der Waals surface area (Å²) in [6.45, 7) is 0. The van der Waals surface area contributed by atoms with E-state index < -0.39 is 10.8 Å². The average molecular weight is 351 g/mol. The molecule has 3 rings (SSSR count). The van der Waals surface area contributed by atoms with Crippen molar-refractivity contribution in [2.45, 2.75) is 0 Å². The molecular formula is C17H13N5O4. The topological polar surface area (TPSA) is 137 Å². The summed E-state index contributed by atoms with van der Waals surface area (Å²) in [6.07, 6.45) is 2.72. The monoisotopic (exact) mass is 351 g/mol. The highest BCUT2D eigenvalue weighted by atomic mass is 16.6. The number of aromatic nitrogens is 1. The molecule has 0 saturated heterocycles. The maximum Gasteiger partial charge on any atom is 0.325 e. The number of nitro groups is 1. The lowest BCUT2D eigenvalue weighted by Gasteiger charge is -1.99. The number of para-hydroxylation sites is 2.